The van der Waals surface area contributed by atoms with Gasteiger partial charge in [0, 0.05) is 31.7 Å². The fraction of sp³-hybridized carbons (Fsp3) is 0.333. The van der Waals surface area contributed by atoms with Crippen molar-refractivity contribution >= 4 is 5.91 Å². The lowest BCUT2D eigenvalue weighted by atomic mass is 10.0. The van der Waals surface area contributed by atoms with E-state index in [1.54, 1.807) is 23.1 Å². The van der Waals surface area contributed by atoms with Gasteiger partial charge in [0.1, 0.15) is 17.6 Å². The Morgan fingerprint density at radius 2 is 1.74 bits per heavy atom. The van der Waals surface area contributed by atoms with Crippen molar-refractivity contribution in [2.24, 2.45) is 0 Å². The molecule has 2 aromatic carbocycles. The molecular formula is C21H22FN3O2. The summed E-state index contributed by atoms with van der Waals surface area (Å²) >= 11 is 0. The molecule has 1 aliphatic heterocycles. The molecule has 0 saturated carbocycles. The number of para-hydroxylation sites is 1. The summed E-state index contributed by atoms with van der Waals surface area (Å²) in [4.78, 5) is 16.1. The summed E-state index contributed by atoms with van der Waals surface area (Å²) in [5, 5.41) is 9.50. The molecule has 0 N–H and O–H groups in total. The molecule has 1 unspecified atom stereocenters. The average Bonchev–Trinajstić information content (AvgIpc) is 2.71. The third kappa shape index (κ3) is 4.83. The maximum atomic E-state index is 14.0. The van der Waals surface area contributed by atoms with Crippen molar-refractivity contribution in [1.82, 2.24) is 9.80 Å². The van der Waals surface area contributed by atoms with E-state index in [2.05, 4.69) is 6.07 Å². The van der Waals surface area contributed by atoms with Gasteiger partial charge in [-0.2, -0.15) is 5.26 Å². The lowest BCUT2D eigenvalue weighted by Crippen LogP contribution is -2.49. The van der Waals surface area contributed by atoms with Gasteiger partial charge in [-0.3, -0.25) is 9.69 Å². The van der Waals surface area contributed by atoms with Crippen LogP contribution in [0.15, 0.2) is 54.6 Å². The van der Waals surface area contributed by atoms with Crippen LogP contribution >= 0.6 is 0 Å². The van der Waals surface area contributed by atoms with E-state index >= 15 is 0 Å². The molecule has 3 rings (SSSR count). The minimum absolute atomic E-state index is 0.0324. The smallest absolute Gasteiger partial charge is 0.226 e. The van der Waals surface area contributed by atoms with E-state index in [0.717, 1.165) is 5.75 Å². The van der Waals surface area contributed by atoms with E-state index in [0.29, 0.717) is 44.8 Å². The summed E-state index contributed by atoms with van der Waals surface area (Å²) in [6, 6.07) is 17.3. The molecule has 1 fully saturated rings. The zero-order chi connectivity index (χ0) is 19.1. The summed E-state index contributed by atoms with van der Waals surface area (Å²) < 4.78 is 19.6. The van der Waals surface area contributed by atoms with Crippen molar-refractivity contribution < 1.29 is 13.9 Å². The molecule has 1 saturated heterocycles. The van der Waals surface area contributed by atoms with E-state index in [1.165, 1.54) is 6.07 Å². The molecule has 27 heavy (non-hydrogen) atoms. The summed E-state index contributed by atoms with van der Waals surface area (Å²) in [5.41, 5.74) is 0.385. The molecule has 1 aliphatic rings. The standard InChI is InChI=1S/C21H22FN3O2/c22-19-9-5-4-8-18(19)20(16-23)24-11-13-25(14-12-24)21(26)10-15-27-17-6-2-1-3-7-17/h1-9,20H,10-15H2. The van der Waals surface area contributed by atoms with Crippen LogP contribution in [0.1, 0.15) is 18.0 Å². The van der Waals surface area contributed by atoms with Gasteiger partial charge in [-0.1, -0.05) is 36.4 Å². The molecular weight excluding hydrogens is 345 g/mol. The topological polar surface area (TPSA) is 56.6 Å². The van der Waals surface area contributed by atoms with Gasteiger partial charge >= 0.3 is 0 Å². The molecule has 6 heteroatoms. The summed E-state index contributed by atoms with van der Waals surface area (Å²) in [5.74, 6) is 0.405. The van der Waals surface area contributed by atoms with Gasteiger partial charge in [-0.15, -0.1) is 0 Å². The second-order valence-corrected chi connectivity index (χ2v) is 6.38. The van der Waals surface area contributed by atoms with Crippen molar-refractivity contribution in [2.75, 3.05) is 32.8 Å². The van der Waals surface area contributed by atoms with E-state index in [1.807, 2.05) is 35.2 Å². The number of carbonyl (C=O) groups is 1. The highest BCUT2D eigenvalue weighted by Crippen LogP contribution is 2.24. The van der Waals surface area contributed by atoms with Gasteiger partial charge in [-0.05, 0) is 18.2 Å². The largest absolute Gasteiger partial charge is 0.493 e. The Labute approximate surface area is 158 Å². The second-order valence-electron chi connectivity index (χ2n) is 6.38. The number of piperazine rings is 1. The highest BCUT2D eigenvalue weighted by molar-refractivity contribution is 5.76. The molecule has 2 aromatic rings. The first-order valence-electron chi connectivity index (χ1n) is 9.03. The zero-order valence-electron chi connectivity index (χ0n) is 15.1. The van der Waals surface area contributed by atoms with Crippen molar-refractivity contribution in [3.05, 3.63) is 66.0 Å². The van der Waals surface area contributed by atoms with E-state index in [-0.39, 0.29) is 11.7 Å². The van der Waals surface area contributed by atoms with Crippen LogP contribution in [0.4, 0.5) is 4.39 Å². The highest BCUT2D eigenvalue weighted by atomic mass is 19.1. The second kappa shape index (κ2) is 9.15. The maximum Gasteiger partial charge on any atom is 0.226 e. The minimum Gasteiger partial charge on any atom is -0.493 e. The van der Waals surface area contributed by atoms with Gasteiger partial charge < -0.3 is 9.64 Å². The number of benzene rings is 2. The van der Waals surface area contributed by atoms with Crippen LogP contribution in [0.2, 0.25) is 0 Å². The molecule has 0 bridgehead atoms. The number of hydrogen-bond acceptors (Lipinski definition) is 4. The number of ether oxygens (including phenoxy) is 1. The molecule has 0 spiro atoms. The van der Waals surface area contributed by atoms with Gasteiger partial charge in [0.05, 0.1) is 19.1 Å². The molecule has 5 nitrogen and oxygen atoms in total. The molecule has 1 atom stereocenters. The van der Waals surface area contributed by atoms with Crippen LogP contribution in [0, 0.1) is 17.1 Å². The zero-order valence-corrected chi connectivity index (χ0v) is 15.1. The molecule has 0 aliphatic carbocycles. The Balaban J connectivity index is 1.48. The third-order valence-electron chi connectivity index (χ3n) is 4.68. The predicted octanol–water partition coefficient (Wildman–Crippen LogP) is 3.00. The Morgan fingerprint density at radius 3 is 2.41 bits per heavy atom. The lowest BCUT2D eigenvalue weighted by molar-refractivity contribution is -0.133. The highest BCUT2D eigenvalue weighted by Gasteiger charge is 2.28. The van der Waals surface area contributed by atoms with E-state index in [9.17, 15) is 14.4 Å². The molecule has 0 radical (unpaired) electrons. The number of amides is 1. The maximum absolute atomic E-state index is 14.0. The van der Waals surface area contributed by atoms with Crippen molar-refractivity contribution in [1.29, 1.82) is 5.26 Å². The first kappa shape index (κ1) is 18.9. The molecule has 1 amide bonds. The number of nitriles is 1. The van der Waals surface area contributed by atoms with Crippen molar-refractivity contribution in [2.45, 2.75) is 12.5 Å². The van der Waals surface area contributed by atoms with Crippen molar-refractivity contribution in [3.8, 4) is 11.8 Å². The van der Waals surface area contributed by atoms with Crippen LogP contribution in [-0.4, -0.2) is 48.5 Å². The monoisotopic (exact) mass is 367 g/mol. The van der Waals surface area contributed by atoms with Crippen molar-refractivity contribution in [3.63, 3.8) is 0 Å². The van der Waals surface area contributed by atoms with E-state index < -0.39 is 6.04 Å². The summed E-state index contributed by atoms with van der Waals surface area (Å²) in [6.45, 7) is 2.46. The van der Waals surface area contributed by atoms with Crippen LogP contribution in [0.3, 0.4) is 0 Å². The van der Waals surface area contributed by atoms with E-state index in [4.69, 9.17) is 4.74 Å². The number of carbonyl (C=O) groups excluding carboxylic acids is 1. The normalized spacial score (nSPS) is 15.8. The SMILES string of the molecule is N#CC(c1ccccc1F)N1CCN(C(=O)CCOc2ccccc2)CC1. The molecule has 1 heterocycles. The van der Waals surface area contributed by atoms with Gasteiger partial charge in [0.25, 0.3) is 0 Å². The number of rotatable bonds is 6. The summed E-state index contributed by atoms with van der Waals surface area (Å²) in [6.07, 6.45) is 0.309. The number of hydrogen-bond donors (Lipinski definition) is 0. The van der Waals surface area contributed by atoms with Crippen LogP contribution in [-0.2, 0) is 4.79 Å². The Hall–Kier alpha value is -2.91. The number of halogens is 1. The number of nitrogens with zero attached hydrogens (tertiary/aromatic N) is 3. The first-order valence-corrected chi connectivity index (χ1v) is 9.03. The predicted molar refractivity (Wildman–Crippen MR) is 99.5 cm³/mol. The molecule has 140 valence electrons. The quantitative estimate of drug-likeness (QED) is 0.788. The van der Waals surface area contributed by atoms with Crippen LogP contribution in [0.5, 0.6) is 5.75 Å². The first-order chi connectivity index (χ1) is 13.2. The van der Waals surface area contributed by atoms with Gasteiger partial charge in [0.2, 0.25) is 5.91 Å². The lowest BCUT2D eigenvalue weighted by Gasteiger charge is -2.37. The minimum atomic E-state index is -0.634. The Kier molecular flexibility index (Phi) is 6.39. The van der Waals surface area contributed by atoms with Gasteiger partial charge in [0.15, 0.2) is 0 Å². The molecule has 0 aromatic heterocycles. The fourth-order valence-electron chi connectivity index (χ4n) is 3.21. The van der Waals surface area contributed by atoms with Crippen LogP contribution in [0.25, 0.3) is 0 Å². The third-order valence-corrected chi connectivity index (χ3v) is 4.68. The Morgan fingerprint density at radius 1 is 1.07 bits per heavy atom. The van der Waals surface area contributed by atoms with Gasteiger partial charge in [-0.25, -0.2) is 4.39 Å². The van der Waals surface area contributed by atoms with Crippen LogP contribution < -0.4 is 4.74 Å². The fourth-order valence-corrected chi connectivity index (χ4v) is 3.21. The average molecular weight is 367 g/mol. The summed E-state index contributed by atoms with van der Waals surface area (Å²) in [7, 11) is 0. The Bertz CT molecular complexity index is 799.